The van der Waals surface area contributed by atoms with Gasteiger partial charge in [0.2, 0.25) is 5.91 Å². The summed E-state index contributed by atoms with van der Waals surface area (Å²) in [5, 5.41) is 6.43. The lowest BCUT2D eigenvalue weighted by molar-refractivity contribution is -0.146. The number of rotatable bonds is 5. The predicted molar refractivity (Wildman–Crippen MR) is 125 cm³/mol. The van der Waals surface area contributed by atoms with E-state index < -0.39 is 0 Å². The molecule has 4 saturated carbocycles. The number of amides is 1. The molecule has 1 amide bonds. The molecule has 0 radical (unpaired) electrons. The third-order valence-electron chi connectivity index (χ3n) is 7.75. The summed E-state index contributed by atoms with van der Waals surface area (Å²) in [6.07, 6.45) is 7.48. The Balaban J connectivity index is 1.11. The van der Waals surface area contributed by atoms with Crippen molar-refractivity contribution in [2.75, 3.05) is 0 Å². The van der Waals surface area contributed by atoms with Crippen LogP contribution in [-0.4, -0.2) is 10.9 Å². The molecule has 158 valence electrons. The van der Waals surface area contributed by atoms with Crippen molar-refractivity contribution in [1.29, 1.82) is 0 Å². The van der Waals surface area contributed by atoms with Crippen molar-refractivity contribution >= 4 is 17.2 Å². The van der Waals surface area contributed by atoms with Gasteiger partial charge in [-0.3, -0.25) is 4.79 Å². The maximum absolute atomic E-state index is 13.2. The molecule has 4 bridgehead atoms. The van der Waals surface area contributed by atoms with Gasteiger partial charge in [0.05, 0.1) is 5.69 Å². The molecule has 4 aliphatic carbocycles. The normalized spacial score (nSPS) is 28.6. The van der Waals surface area contributed by atoms with Crippen molar-refractivity contribution < 1.29 is 4.79 Å². The average molecular weight is 429 g/mol. The molecule has 0 atom stereocenters. The van der Waals surface area contributed by atoms with E-state index in [2.05, 4.69) is 47.1 Å². The van der Waals surface area contributed by atoms with Crippen LogP contribution in [0.15, 0.2) is 60.0 Å². The van der Waals surface area contributed by atoms with Gasteiger partial charge in [-0.15, -0.1) is 11.3 Å². The van der Waals surface area contributed by atoms with E-state index in [1.807, 2.05) is 18.2 Å². The van der Waals surface area contributed by atoms with E-state index in [1.165, 1.54) is 19.3 Å². The summed E-state index contributed by atoms with van der Waals surface area (Å²) >= 11 is 1.67. The van der Waals surface area contributed by atoms with Gasteiger partial charge in [0.1, 0.15) is 5.01 Å². The van der Waals surface area contributed by atoms with Crippen molar-refractivity contribution in [3.8, 4) is 21.8 Å². The summed E-state index contributed by atoms with van der Waals surface area (Å²) in [6.45, 7) is 0.619. The highest BCUT2D eigenvalue weighted by atomic mass is 32.1. The molecule has 0 unspecified atom stereocenters. The zero-order chi connectivity index (χ0) is 20.8. The van der Waals surface area contributed by atoms with Gasteiger partial charge in [-0.25, -0.2) is 4.98 Å². The molecule has 4 aliphatic rings. The molecule has 31 heavy (non-hydrogen) atoms. The number of carbonyl (C=O) groups excluding carboxylic acids is 1. The Labute approximate surface area is 187 Å². The Kier molecular flexibility index (Phi) is 4.71. The number of thiazole rings is 1. The zero-order valence-electron chi connectivity index (χ0n) is 17.7. The lowest BCUT2D eigenvalue weighted by atomic mass is 9.49. The number of benzene rings is 2. The predicted octanol–water partition coefficient (Wildman–Crippen LogP) is 6.31. The third-order valence-corrected chi connectivity index (χ3v) is 8.64. The van der Waals surface area contributed by atoms with Crippen LogP contribution in [0, 0.1) is 23.2 Å². The largest absolute Gasteiger partial charge is 0.352 e. The Hall–Kier alpha value is -2.46. The summed E-state index contributed by atoms with van der Waals surface area (Å²) in [5.74, 6) is 2.71. The fraction of sp³-hybridized carbons (Fsp3) is 0.407. The van der Waals surface area contributed by atoms with E-state index in [9.17, 15) is 4.79 Å². The number of aromatic nitrogens is 1. The molecule has 7 rings (SSSR count). The van der Waals surface area contributed by atoms with E-state index in [0.717, 1.165) is 64.4 Å². The van der Waals surface area contributed by atoms with Gasteiger partial charge in [-0.2, -0.15) is 0 Å². The van der Waals surface area contributed by atoms with Crippen LogP contribution in [0.3, 0.4) is 0 Å². The fourth-order valence-corrected chi connectivity index (χ4v) is 7.51. The van der Waals surface area contributed by atoms with Crippen LogP contribution in [0.25, 0.3) is 21.8 Å². The summed E-state index contributed by atoms with van der Waals surface area (Å²) in [7, 11) is 0. The van der Waals surface area contributed by atoms with Crippen molar-refractivity contribution in [3.63, 3.8) is 0 Å². The molecular formula is C27H28N2OS. The first-order chi connectivity index (χ1) is 15.2. The molecule has 3 aromatic rings. The SMILES string of the molecule is O=C(NCc1ccc(-c2nc(-c3ccccc3)cs2)cc1)C12CC3CC(CC(C3)C1)C2. The second-order valence-corrected chi connectivity index (χ2v) is 10.8. The molecular weight excluding hydrogens is 400 g/mol. The van der Waals surface area contributed by atoms with Gasteiger partial charge in [0.15, 0.2) is 0 Å². The molecule has 4 heteroatoms. The molecule has 1 heterocycles. The van der Waals surface area contributed by atoms with E-state index in [-0.39, 0.29) is 5.41 Å². The highest BCUT2D eigenvalue weighted by Gasteiger charge is 2.54. The number of hydrogen-bond acceptors (Lipinski definition) is 3. The van der Waals surface area contributed by atoms with E-state index >= 15 is 0 Å². The molecule has 0 saturated heterocycles. The lowest BCUT2D eigenvalue weighted by Crippen LogP contribution is -2.53. The van der Waals surface area contributed by atoms with Gasteiger partial charge in [0.25, 0.3) is 0 Å². The Morgan fingerprint density at radius 1 is 0.903 bits per heavy atom. The second-order valence-electron chi connectivity index (χ2n) is 9.98. The van der Waals surface area contributed by atoms with Gasteiger partial charge in [-0.1, -0.05) is 54.6 Å². The first-order valence-electron chi connectivity index (χ1n) is 11.6. The van der Waals surface area contributed by atoms with E-state index in [0.29, 0.717) is 12.5 Å². The molecule has 0 aliphatic heterocycles. The van der Waals surface area contributed by atoms with Crippen LogP contribution in [0.1, 0.15) is 44.1 Å². The molecule has 0 spiro atoms. The Morgan fingerprint density at radius 3 is 2.19 bits per heavy atom. The number of nitrogens with one attached hydrogen (secondary N) is 1. The maximum atomic E-state index is 13.2. The van der Waals surface area contributed by atoms with Crippen molar-refractivity contribution in [2.45, 2.75) is 45.1 Å². The summed E-state index contributed by atoms with van der Waals surface area (Å²) in [5.41, 5.74) is 4.38. The highest BCUT2D eigenvalue weighted by molar-refractivity contribution is 7.13. The monoisotopic (exact) mass is 428 g/mol. The number of nitrogens with zero attached hydrogens (tertiary/aromatic N) is 1. The Morgan fingerprint density at radius 2 is 1.55 bits per heavy atom. The lowest BCUT2D eigenvalue weighted by Gasteiger charge is -2.55. The van der Waals surface area contributed by atoms with Crippen LogP contribution in [0.5, 0.6) is 0 Å². The van der Waals surface area contributed by atoms with Crippen molar-refractivity contribution in [1.82, 2.24) is 10.3 Å². The van der Waals surface area contributed by atoms with Gasteiger partial charge >= 0.3 is 0 Å². The number of hydrogen-bond donors (Lipinski definition) is 1. The second kappa shape index (κ2) is 7.59. The quantitative estimate of drug-likeness (QED) is 0.517. The molecule has 3 nitrogen and oxygen atoms in total. The smallest absolute Gasteiger partial charge is 0.226 e. The molecule has 4 fully saturated rings. The first kappa shape index (κ1) is 19.2. The van der Waals surface area contributed by atoms with Crippen LogP contribution in [0.2, 0.25) is 0 Å². The van der Waals surface area contributed by atoms with Crippen LogP contribution >= 0.6 is 11.3 Å². The van der Waals surface area contributed by atoms with Gasteiger partial charge in [0, 0.05) is 28.5 Å². The fourth-order valence-electron chi connectivity index (χ4n) is 6.67. The van der Waals surface area contributed by atoms with Crippen molar-refractivity contribution in [3.05, 3.63) is 65.5 Å². The minimum atomic E-state index is -0.0661. The number of carbonyl (C=O) groups is 1. The van der Waals surface area contributed by atoms with Crippen LogP contribution in [-0.2, 0) is 11.3 Å². The summed E-state index contributed by atoms with van der Waals surface area (Å²) < 4.78 is 0. The molecule has 2 aromatic carbocycles. The van der Waals surface area contributed by atoms with Gasteiger partial charge in [-0.05, 0) is 61.8 Å². The topological polar surface area (TPSA) is 42.0 Å². The Bertz CT molecular complexity index is 1050. The van der Waals surface area contributed by atoms with E-state index in [4.69, 9.17) is 4.98 Å². The third kappa shape index (κ3) is 3.61. The van der Waals surface area contributed by atoms with Gasteiger partial charge < -0.3 is 5.32 Å². The summed E-state index contributed by atoms with van der Waals surface area (Å²) in [6, 6.07) is 18.8. The zero-order valence-corrected chi connectivity index (χ0v) is 18.5. The van der Waals surface area contributed by atoms with Crippen LogP contribution in [0.4, 0.5) is 0 Å². The molecule has 1 N–H and O–H groups in total. The van der Waals surface area contributed by atoms with Crippen LogP contribution < -0.4 is 5.32 Å². The highest BCUT2D eigenvalue weighted by Crippen LogP contribution is 2.60. The standard InChI is InChI=1S/C27H28N2OS/c30-26(27-13-19-10-20(14-27)12-21(11-19)15-27)28-16-18-6-8-23(9-7-18)25-29-24(17-31-25)22-4-2-1-3-5-22/h1-9,17,19-21H,10-16H2,(H,28,30). The van der Waals surface area contributed by atoms with E-state index in [1.54, 1.807) is 11.3 Å². The minimum absolute atomic E-state index is 0.0661. The van der Waals surface area contributed by atoms with Crippen molar-refractivity contribution in [2.24, 2.45) is 23.2 Å². The average Bonchev–Trinajstić information content (AvgIpc) is 3.28. The first-order valence-corrected chi connectivity index (χ1v) is 12.4. The molecule has 1 aromatic heterocycles. The summed E-state index contributed by atoms with van der Waals surface area (Å²) in [4.78, 5) is 18.0. The maximum Gasteiger partial charge on any atom is 0.226 e. The minimum Gasteiger partial charge on any atom is -0.352 e.